The topological polar surface area (TPSA) is 54.0 Å². The average molecular weight is 259 g/mol. The highest BCUT2D eigenvalue weighted by atomic mass is 19.1. The molecular weight excluding hydrogens is 245 g/mol. The number of halogens is 1. The monoisotopic (exact) mass is 259 g/mol. The average Bonchev–Trinajstić information content (AvgIpc) is 2.42. The number of nitrogens with one attached hydrogen (secondary N) is 2. The zero-order valence-electron chi connectivity index (χ0n) is 10.5. The molecule has 98 valence electrons. The van der Waals surface area contributed by atoms with E-state index in [0.717, 1.165) is 0 Å². The third kappa shape index (κ3) is 3.28. The minimum absolute atomic E-state index is 0.161. The molecule has 2 aromatic rings. The van der Waals surface area contributed by atoms with E-state index in [2.05, 4.69) is 15.6 Å². The van der Waals surface area contributed by atoms with Gasteiger partial charge in [-0.05, 0) is 31.2 Å². The lowest BCUT2D eigenvalue weighted by atomic mass is 10.2. The Morgan fingerprint density at radius 3 is 2.84 bits per heavy atom. The second-order valence-corrected chi connectivity index (χ2v) is 3.89. The summed E-state index contributed by atoms with van der Waals surface area (Å²) >= 11 is 0. The lowest BCUT2D eigenvalue weighted by Crippen LogP contribution is -2.13. The Bertz CT molecular complexity index is 586. The van der Waals surface area contributed by atoms with Crippen molar-refractivity contribution in [1.29, 1.82) is 0 Å². The standard InChI is InChI=1S/C14H14FN3O/c1-2-16-13-9-10(7-8-17-13)14(19)18-12-6-4-3-5-11(12)15/h3-9H,2H2,1H3,(H,16,17)(H,18,19). The Morgan fingerprint density at radius 2 is 2.11 bits per heavy atom. The summed E-state index contributed by atoms with van der Waals surface area (Å²) < 4.78 is 13.4. The number of para-hydroxylation sites is 1. The second kappa shape index (κ2) is 5.95. The van der Waals surface area contributed by atoms with Gasteiger partial charge in [0.25, 0.3) is 5.91 Å². The molecule has 1 heterocycles. The molecule has 0 unspecified atom stereocenters. The van der Waals surface area contributed by atoms with Crippen molar-refractivity contribution >= 4 is 17.4 Å². The van der Waals surface area contributed by atoms with Crippen LogP contribution in [0.25, 0.3) is 0 Å². The SMILES string of the molecule is CCNc1cc(C(=O)Nc2ccccc2F)ccn1. The number of nitrogens with zero attached hydrogens (tertiary/aromatic N) is 1. The molecule has 5 heteroatoms. The van der Waals surface area contributed by atoms with Crippen molar-refractivity contribution in [2.45, 2.75) is 6.92 Å². The first-order valence-corrected chi connectivity index (χ1v) is 5.96. The van der Waals surface area contributed by atoms with Crippen molar-refractivity contribution < 1.29 is 9.18 Å². The van der Waals surface area contributed by atoms with Crippen LogP contribution in [0.2, 0.25) is 0 Å². The van der Waals surface area contributed by atoms with Gasteiger partial charge in [-0.2, -0.15) is 0 Å². The van der Waals surface area contributed by atoms with Crippen LogP contribution in [-0.2, 0) is 0 Å². The molecule has 0 aliphatic rings. The van der Waals surface area contributed by atoms with Crippen molar-refractivity contribution in [3.63, 3.8) is 0 Å². The Hall–Kier alpha value is -2.43. The molecule has 0 atom stereocenters. The summed E-state index contributed by atoms with van der Waals surface area (Å²) in [5.41, 5.74) is 0.587. The molecule has 2 N–H and O–H groups in total. The van der Waals surface area contributed by atoms with Crippen molar-refractivity contribution in [3.8, 4) is 0 Å². The quantitative estimate of drug-likeness (QED) is 0.887. The third-order valence-electron chi connectivity index (χ3n) is 2.50. The van der Waals surface area contributed by atoms with Gasteiger partial charge in [0.1, 0.15) is 11.6 Å². The van der Waals surface area contributed by atoms with Gasteiger partial charge in [0.05, 0.1) is 5.69 Å². The Kier molecular flexibility index (Phi) is 4.07. The molecule has 0 radical (unpaired) electrons. The Labute approximate surface area is 110 Å². The number of rotatable bonds is 4. The van der Waals surface area contributed by atoms with Crippen LogP contribution in [0.3, 0.4) is 0 Å². The molecule has 0 bridgehead atoms. The third-order valence-corrected chi connectivity index (χ3v) is 2.50. The number of amides is 1. The summed E-state index contributed by atoms with van der Waals surface area (Å²) in [6.07, 6.45) is 1.54. The molecule has 0 saturated carbocycles. The largest absolute Gasteiger partial charge is 0.370 e. The summed E-state index contributed by atoms with van der Waals surface area (Å²) in [4.78, 5) is 16.1. The van der Waals surface area contributed by atoms with Crippen LogP contribution < -0.4 is 10.6 Å². The molecule has 0 spiro atoms. The number of hydrogen-bond acceptors (Lipinski definition) is 3. The number of hydrogen-bond donors (Lipinski definition) is 2. The highest BCUT2D eigenvalue weighted by Gasteiger charge is 2.09. The summed E-state index contributed by atoms with van der Waals surface area (Å²) in [6.45, 7) is 2.65. The molecular formula is C14H14FN3O. The van der Waals surface area contributed by atoms with Gasteiger partial charge in [-0.25, -0.2) is 9.37 Å². The molecule has 1 aromatic carbocycles. The van der Waals surface area contributed by atoms with Crippen LogP contribution in [-0.4, -0.2) is 17.4 Å². The molecule has 19 heavy (non-hydrogen) atoms. The van der Waals surface area contributed by atoms with E-state index in [0.29, 0.717) is 17.9 Å². The van der Waals surface area contributed by atoms with Crippen LogP contribution in [0.5, 0.6) is 0 Å². The number of carbonyl (C=O) groups is 1. The van der Waals surface area contributed by atoms with Crippen LogP contribution in [0.15, 0.2) is 42.6 Å². The van der Waals surface area contributed by atoms with E-state index in [1.807, 2.05) is 6.92 Å². The van der Waals surface area contributed by atoms with Gasteiger partial charge in [-0.1, -0.05) is 12.1 Å². The van der Waals surface area contributed by atoms with Gasteiger partial charge < -0.3 is 10.6 Å². The van der Waals surface area contributed by atoms with Crippen molar-refractivity contribution in [1.82, 2.24) is 4.98 Å². The Balaban J connectivity index is 2.16. The maximum atomic E-state index is 13.4. The highest BCUT2D eigenvalue weighted by Crippen LogP contribution is 2.14. The number of aromatic nitrogens is 1. The highest BCUT2D eigenvalue weighted by molar-refractivity contribution is 6.04. The normalized spacial score (nSPS) is 10.0. The lowest BCUT2D eigenvalue weighted by molar-refractivity contribution is 0.102. The number of benzene rings is 1. The zero-order valence-corrected chi connectivity index (χ0v) is 10.5. The lowest BCUT2D eigenvalue weighted by Gasteiger charge is -2.07. The predicted molar refractivity (Wildman–Crippen MR) is 72.8 cm³/mol. The minimum atomic E-state index is -0.461. The van der Waals surface area contributed by atoms with Gasteiger partial charge in [-0.3, -0.25) is 4.79 Å². The van der Waals surface area contributed by atoms with E-state index in [1.54, 1.807) is 24.3 Å². The first-order chi connectivity index (χ1) is 9.20. The zero-order chi connectivity index (χ0) is 13.7. The fourth-order valence-electron chi connectivity index (χ4n) is 1.61. The van der Waals surface area contributed by atoms with Crippen LogP contribution in [0.1, 0.15) is 17.3 Å². The van der Waals surface area contributed by atoms with E-state index in [-0.39, 0.29) is 11.6 Å². The van der Waals surface area contributed by atoms with Crippen molar-refractivity contribution in [2.24, 2.45) is 0 Å². The summed E-state index contributed by atoms with van der Waals surface area (Å²) in [7, 11) is 0. The molecule has 0 saturated heterocycles. The molecule has 0 aliphatic carbocycles. The van der Waals surface area contributed by atoms with E-state index in [4.69, 9.17) is 0 Å². The van der Waals surface area contributed by atoms with Crippen molar-refractivity contribution in [3.05, 3.63) is 54.0 Å². The summed E-state index contributed by atoms with van der Waals surface area (Å²) in [5.74, 6) is -0.216. The molecule has 0 fully saturated rings. The van der Waals surface area contributed by atoms with E-state index in [9.17, 15) is 9.18 Å². The predicted octanol–water partition coefficient (Wildman–Crippen LogP) is 2.90. The van der Waals surface area contributed by atoms with Gasteiger partial charge in [0.15, 0.2) is 0 Å². The van der Waals surface area contributed by atoms with Gasteiger partial charge >= 0.3 is 0 Å². The minimum Gasteiger partial charge on any atom is -0.370 e. The van der Waals surface area contributed by atoms with Crippen LogP contribution in [0, 0.1) is 5.82 Å². The van der Waals surface area contributed by atoms with Crippen LogP contribution in [0.4, 0.5) is 15.9 Å². The smallest absolute Gasteiger partial charge is 0.255 e. The number of carbonyl (C=O) groups excluding carboxylic acids is 1. The molecule has 4 nitrogen and oxygen atoms in total. The summed E-state index contributed by atoms with van der Waals surface area (Å²) in [6, 6.07) is 9.25. The molecule has 2 rings (SSSR count). The summed E-state index contributed by atoms with van der Waals surface area (Å²) in [5, 5.41) is 5.54. The van der Waals surface area contributed by atoms with Crippen LogP contribution >= 0.6 is 0 Å². The maximum Gasteiger partial charge on any atom is 0.255 e. The molecule has 0 aliphatic heterocycles. The van der Waals surface area contributed by atoms with Gasteiger partial charge in [-0.15, -0.1) is 0 Å². The van der Waals surface area contributed by atoms with Gasteiger partial charge in [0, 0.05) is 18.3 Å². The first-order valence-electron chi connectivity index (χ1n) is 5.96. The number of anilines is 2. The Morgan fingerprint density at radius 1 is 1.32 bits per heavy atom. The van der Waals surface area contributed by atoms with E-state index < -0.39 is 5.82 Å². The molecule has 1 aromatic heterocycles. The van der Waals surface area contributed by atoms with Crippen molar-refractivity contribution in [2.75, 3.05) is 17.2 Å². The van der Waals surface area contributed by atoms with E-state index >= 15 is 0 Å². The maximum absolute atomic E-state index is 13.4. The second-order valence-electron chi connectivity index (χ2n) is 3.89. The van der Waals surface area contributed by atoms with E-state index in [1.165, 1.54) is 18.3 Å². The first kappa shape index (κ1) is 13.0. The fraction of sp³-hybridized carbons (Fsp3) is 0.143. The number of pyridine rings is 1. The van der Waals surface area contributed by atoms with Gasteiger partial charge in [0.2, 0.25) is 0 Å². The molecule has 1 amide bonds. The fourth-order valence-corrected chi connectivity index (χ4v) is 1.61.